The summed E-state index contributed by atoms with van der Waals surface area (Å²) in [5.41, 5.74) is 0.630. The second-order valence-electron chi connectivity index (χ2n) is 11.6. The minimum absolute atomic E-state index is 0.0171. The van der Waals surface area contributed by atoms with Gasteiger partial charge >= 0.3 is 0 Å². The standard InChI is InChI=1S/C34H50O7/c1-3-5-7-9-11-13-15-17-19-21-24-29(36)27(35)23-26-28(34(39)40-31(24)26)32-30(37)25(33(38)41-32)22-20-18-16-14-12-10-8-6-4-2/h23,37-39H,3-22H2,1-2H3. The second kappa shape index (κ2) is 17.1. The van der Waals surface area contributed by atoms with Crippen LogP contribution in [-0.4, -0.2) is 26.9 Å². The Kier molecular flexibility index (Phi) is 13.6. The molecule has 0 amide bonds. The van der Waals surface area contributed by atoms with Crippen molar-refractivity contribution in [3.63, 3.8) is 0 Å². The molecule has 2 aromatic rings. The number of aromatic hydroxyl groups is 3. The van der Waals surface area contributed by atoms with E-state index in [2.05, 4.69) is 13.8 Å². The number of unbranched alkanes of at least 4 members (excludes halogenated alkanes) is 16. The van der Waals surface area contributed by atoms with E-state index in [-0.39, 0.29) is 38.8 Å². The van der Waals surface area contributed by atoms with Crippen LogP contribution in [-0.2, 0) is 16.0 Å². The number of rotatable bonds is 21. The molecule has 1 aliphatic carbocycles. The molecule has 7 nitrogen and oxygen atoms in total. The number of hydrogen-bond acceptors (Lipinski definition) is 7. The first-order valence-electron chi connectivity index (χ1n) is 16.1. The zero-order chi connectivity index (χ0) is 29.6. The van der Waals surface area contributed by atoms with Crippen LogP contribution < -0.4 is 10.6 Å². The number of carbonyl (C=O) groups excluding carboxylic acids is 2. The number of hydrogen-bond donors (Lipinski definition) is 3. The van der Waals surface area contributed by atoms with E-state index in [4.69, 9.17) is 8.83 Å². The second-order valence-corrected chi connectivity index (χ2v) is 11.6. The maximum absolute atomic E-state index is 12.7. The normalized spacial score (nSPS) is 13.2. The lowest BCUT2D eigenvalue weighted by molar-refractivity contribution is -0.129. The molecule has 0 spiro atoms. The Bertz CT molecular complexity index is 1250. The van der Waals surface area contributed by atoms with Crippen LogP contribution in [0.2, 0.25) is 0 Å². The molecule has 0 saturated heterocycles. The Balaban J connectivity index is 1.65. The summed E-state index contributed by atoms with van der Waals surface area (Å²) >= 11 is 0. The van der Waals surface area contributed by atoms with Gasteiger partial charge in [0.25, 0.3) is 11.9 Å². The molecule has 2 aromatic heterocycles. The Morgan fingerprint density at radius 3 is 1.63 bits per heavy atom. The van der Waals surface area contributed by atoms with E-state index in [0.29, 0.717) is 12.8 Å². The van der Waals surface area contributed by atoms with Crippen LogP contribution in [0.15, 0.2) is 8.83 Å². The molecule has 0 saturated carbocycles. The number of furan rings is 2. The molecule has 0 unspecified atom stereocenters. The van der Waals surface area contributed by atoms with Crippen molar-refractivity contribution >= 4 is 23.2 Å². The molecule has 2 heterocycles. The molecule has 3 N–H and O–H groups in total. The molecular formula is C34H50O7. The first-order chi connectivity index (χ1) is 19.9. The van der Waals surface area contributed by atoms with E-state index in [0.717, 1.165) is 51.0 Å². The van der Waals surface area contributed by atoms with Gasteiger partial charge in [-0.1, -0.05) is 117 Å². The zero-order valence-corrected chi connectivity index (χ0v) is 25.2. The van der Waals surface area contributed by atoms with Gasteiger partial charge < -0.3 is 24.2 Å². The van der Waals surface area contributed by atoms with Crippen molar-refractivity contribution in [2.75, 3.05) is 0 Å². The Hall–Kier alpha value is -2.96. The predicted molar refractivity (Wildman–Crippen MR) is 161 cm³/mol. The van der Waals surface area contributed by atoms with Gasteiger partial charge in [-0.25, -0.2) is 0 Å². The van der Waals surface area contributed by atoms with Crippen molar-refractivity contribution in [3.8, 4) is 29.0 Å². The maximum atomic E-state index is 12.7. The highest BCUT2D eigenvalue weighted by Gasteiger charge is 2.31. The topological polar surface area (TPSA) is 121 Å². The highest BCUT2D eigenvalue weighted by Crippen LogP contribution is 2.43. The van der Waals surface area contributed by atoms with Crippen molar-refractivity contribution < 1.29 is 33.7 Å². The summed E-state index contributed by atoms with van der Waals surface area (Å²) in [5.74, 6) is -2.73. The molecule has 0 bridgehead atoms. The van der Waals surface area contributed by atoms with Gasteiger partial charge in [-0.05, 0) is 25.7 Å². The monoisotopic (exact) mass is 570 g/mol. The van der Waals surface area contributed by atoms with E-state index in [1.54, 1.807) is 0 Å². The van der Waals surface area contributed by atoms with Crippen LogP contribution in [0.1, 0.15) is 141 Å². The molecule has 0 fully saturated rings. The minimum Gasteiger partial charge on any atom is -0.504 e. The Labute approximate surface area is 244 Å². The summed E-state index contributed by atoms with van der Waals surface area (Å²) in [7, 11) is 0. The fourth-order valence-electron chi connectivity index (χ4n) is 5.75. The van der Waals surface area contributed by atoms with Crippen molar-refractivity contribution in [2.45, 2.75) is 142 Å². The average molecular weight is 571 g/mol. The molecule has 0 aromatic carbocycles. The minimum atomic E-state index is -0.698. The molecular weight excluding hydrogens is 520 g/mol. The largest absolute Gasteiger partial charge is 0.504 e. The van der Waals surface area contributed by atoms with Gasteiger partial charge in [-0.3, -0.25) is 9.59 Å². The van der Waals surface area contributed by atoms with E-state index in [9.17, 15) is 24.9 Å². The van der Waals surface area contributed by atoms with Crippen molar-refractivity contribution in [1.82, 2.24) is 0 Å². The maximum Gasteiger partial charge on any atom is 0.294 e. The summed E-state index contributed by atoms with van der Waals surface area (Å²) in [4.78, 5) is 25.3. The smallest absolute Gasteiger partial charge is 0.294 e. The van der Waals surface area contributed by atoms with Crippen LogP contribution in [0.5, 0.6) is 17.6 Å². The number of fused-ring (bicyclic) bond motifs is 1. The SMILES string of the molecule is CCCCCCCCCCCC1=c2oc(O)c(-c3oc(O)c(CCCCCCCCCCC)c3O)c2=CC(=O)C1=O. The van der Waals surface area contributed by atoms with Gasteiger partial charge in [0.05, 0.1) is 5.56 Å². The molecule has 0 atom stereocenters. The van der Waals surface area contributed by atoms with Gasteiger partial charge in [0, 0.05) is 16.9 Å². The fourth-order valence-corrected chi connectivity index (χ4v) is 5.75. The molecule has 41 heavy (non-hydrogen) atoms. The van der Waals surface area contributed by atoms with Crippen LogP contribution in [0, 0.1) is 0 Å². The average Bonchev–Trinajstić information content (AvgIpc) is 3.42. The Morgan fingerprint density at radius 2 is 1.10 bits per heavy atom. The summed E-state index contributed by atoms with van der Waals surface area (Å²) in [5, 5.41) is 32.3. The zero-order valence-electron chi connectivity index (χ0n) is 25.2. The Morgan fingerprint density at radius 1 is 0.610 bits per heavy atom. The number of Topliss-reactive ketones (excluding diaryl/α,β-unsaturated/α-hetero) is 2. The fraction of sp³-hybridized carbons (Fsp3) is 0.647. The highest BCUT2D eigenvalue weighted by atomic mass is 16.5. The third-order valence-corrected chi connectivity index (χ3v) is 8.22. The molecule has 228 valence electrons. The van der Waals surface area contributed by atoms with Gasteiger partial charge in [0.2, 0.25) is 11.6 Å². The molecule has 7 heteroatoms. The highest BCUT2D eigenvalue weighted by molar-refractivity contribution is 6.60. The molecule has 0 radical (unpaired) electrons. The van der Waals surface area contributed by atoms with Crippen LogP contribution in [0.3, 0.4) is 0 Å². The van der Waals surface area contributed by atoms with Gasteiger partial charge in [-0.15, -0.1) is 0 Å². The third-order valence-electron chi connectivity index (χ3n) is 8.22. The van der Waals surface area contributed by atoms with Crippen LogP contribution in [0.4, 0.5) is 0 Å². The summed E-state index contributed by atoms with van der Waals surface area (Å²) in [6, 6.07) is 0. The predicted octanol–water partition coefficient (Wildman–Crippen LogP) is 7.73. The van der Waals surface area contributed by atoms with Crippen LogP contribution >= 0.6 is 0 Å². The van der Waals surface area contributed by atoms with E-state index >= 15 is 0 Å². The first-order valence-corrected chi connectivity index (χ1v) is 16.1. The molecule has 3 rings (SSSR count). The number of carbonyl (C=O) groups is 2. The summed E-state index contributed by atoms with van der Waals surface area (Å²) in [6.07, 6.45) is 22.4. The van der Waals surface area contributed by atoms with E-state index in [1.165, 1.54) is 70.6 Å². The summed E-state index contributed by atoms with van der Waals surface area (Å²) < 4.78 is 11.1. The third kappa shape index (κ3) is 9.01. The van der Waals surface area contributed by atoms with Crippen molar-refractivity contribution in [3.05, 3.63) is 16.2 Å². The lowest BCUT2D eigenvalue weighted by atomic mass is 9.94. The van der Waals surface area contributed by atoms with Gasteiger partial charge in [0.15, 0.2) is 11.5 Å². The van der Waals surface area contributed by atoms with Crippen molar-refractivity contribution in [1.29, 1.82) is 0 Å². The van der Waals surface area contributed by atoms with Gasteiger partial charge in [0.1, 0.15) is 11.0 Å². The molecule has 1 aliphatic rings. The lowest BCUT2D eigenvalue weighted by Crippen LogP contribution is -2.35. The number of ketones is 2. The summed E-state index contributed by atoms with van der Waals surface area (Å²) in [6.45, 7) is 4.42. The van der Waals surface area contributed by atoms with Crippen molar-refractivity contribution in [2.24, 2.45) is 0 Å². The quantitative estimate of drug-likeness (QED) is 0.104. The van der Waals surface area contributed by atoms with Crippen LogP contribution in [0.25, 0.3) is 23.0 Å². The van der Waals surface area contributed by atoms with Gasteiger partial charge in [-0.2, -0.15) is 0 Å². The van der Waals surface area contributed by atoms with E-state index < -0.39 is 23.5 Å². The molecule has 0 aliphatic heterocycles. The van der Waals surface area contributed by atoms with E-state index in [1.807, 2.05) is 0 Å². The lowest BCUT2D eigenvalue weighted by Gasteiger charge is -2.07. The first kappa shape index (κ1) is 32.6.